The van der Waals surface area contributed by atoms with E-state index in [0.717, 1.165) is 0 Å². The predicted octanol–water partition coefficient (Wildman–Crippen LogP) is 2.31. The van der Waals surface area contributed by atoms with E-state index in [0.29, 0.717) is 27.1 Å². The predicted molar refractivity (Wildman–Crippen MR) is 97.3 cm³/mol. The van der Waals surface area contributed by atoms with Crippen LogP contribution in [-0.2, 0) is 14.3 Å². The van der Waals surface area contributed by atoms with Crippen molar-refractivity contribution < 1.29 is 19.1 Å². The van der Waals surface area contributed by atoms with Crippen molar-refractivity contribution in [1.82, 2.24) is 10.0 Å². The lowest BCUT2D eigenvalue weighted by Crippen LogP contribution is -2.39. The molecule has 0 aliphatic carbocycles. The van der Waals surface area contributed by atoms with E-state index in [9.17, 15) is 9.59 Å². The number of hydrogen-bond acceptors (Lipinski definition) is 7. The molecule has 8 heteroatoms. The third-order valence-electron chi connectivity index (χ3n) is 3.03. The van der Waals surface area contributed by atoms with Gasteiger partial charge in [0.15, 0.2) is 10.9 Å². The number of amides is 1. The van der Waals surface area contributed by atoms with Crippen LogP contribution in [0.3, 0.4) is 0 Å². The Hall–Kier alpha value is -1.90. The Morgan fingerprint density at radius 2 is 2.08 bits per heavy atom. The molecule has 0 radical (unpaired) electrons. The maximum Gasteiger partial charge on any atom is 0.344 e. The van der Waals surface area contributed by atoms with Crippen LogP contribution in [0.2, 0.25) is 0 Å². The highest BCUT2D eigenvalue weighted by Gasteiger charge is 2.33. The van der Waals surface area contributed by atoms with E-state index >= 15 is 0 Å². The molecular weight excluding hydrogens is 348 g/mol. The normalized spacial score (nSPS) is 16.2. The molecule has 6 nitrogen and oxygen atoms in total. The van der Waals surface area contributed by atoms with Crippen molar-refractivity contribution in [3.63, 3.8) is 0 Å². The summed E-state index contributed by atoms with van der Waals surface area (Å²) in [6.07, 6.45) is 1.71. The summed E-state index contributed by atoms with van der Waals surface area (Å²) in [5.41, 5.74) is 0.695. The van der Waals surface area contributed by atoms with Gasteiger partial charge in [-0.25, -0.2) is 14.8 Å². The zero-order valence-electron chi connectivity index (χ0n) is 13.6. The largest absolute Gasteiger partial charge is 0.481 e. The molecule has 1 aliphatic rings. The molecule has 2 rings (SSSR count). The SMILES string of the molecule is CCOC(=O)COc1ccccc1/C=C1\SC(=S)N(N(C)C)C1=O. The number of ether oxygens (including phenoxy) is 2. The molecule has 0 atom stereocenters. The molecule has 1 heterocycles. The van der Waals surface area contributed by atoms with Gasteiger partial charge in [0.25, 0.3) is 5.91 Å². The lowest BCUT2D eigenvalue weighted by atomic mass is 10.2. The summed E-state index contributed by atoms with van der Waals surface area (Å²) in [5.74, 6) is -0.123. The number of para-hydroxylation sites is 1. The Balaban J connectivity index is 2.20. The topological polar surface area (TPSA) is 59.1 Å². The van der Waals surface area contributed by atoms with Crippen LogP contribution in [-0.4, -0.2) is 53.5 Å². The molecular formula is C16H18N2O4S2. The Kier molecular flexibility index (Phi) is 6.36. The monoisotopic (exact) mass is 366 g/mol. The summed E-state index contributed by atoms with van der Waals surface area (Å²) in [5, 5.41) is 3.07. The number of thioether (sulfide) groups is 1. The summed E-state index contributed by atoms with van der Waals surface area (Å²) in [6, 6.07) is 7.17. The minimum atomic E-state index is -0.439. The molecule has 0 spiro atoms. The lowest BCUT2D eigenvalue weighted by Gasteiger charge is -2.21. The average molecular weight is 366 g/mol. The van der Waals surface area contributed by atoms with Crippen LogP contribution >= 0.6 is 24.0 Å². The van der Waals surface area contributed by atoms with E-state index in [1.54, 1.807) is 44.2 Å². The first-order chi connectivity index (χ1) is 11.4. The van der Waals surface area contributed by atoms with E-state index in [-0.39, 0.29) is 12.5 Å². The summed E-state index contributed by atoms with van der Waals surface area (Å²) >= 11 is 6.45. The number of carbonyl (C=O) groups is 2. The highest BCUT2D eigenvalue weighted by atomic mass is 32.2. The van der Waals surface area contributed by atoms with Crippen molar-refractivity contribution in [3.05, 3.63) is 34.7 Å². The van der Waals surface area contributed by atoms with Crippen molar-refractivity contribution in [2.24, 2.45) is 0 Å². The van der Waals surface area contributed by atoms with Crippen LogP contribution in [0, 0.1) is 0 Å². The molecule has 1 aliphatic heterocycles. The number of nitrogens with zero attached hydrogens (tertiary/aromatic N) is 2. The number of hydrogen-bond donors (Lipinski definition) is 0. The van der Waals surface area contributed by atoms with Gasteiger partial charge in [0.1, 0.15) is 5.75 Å². The first-order valence-electron chi connectivity index (χ1n) is 7.26. The molecule has 1 saturated heterocycles. The minimum Gasteiger partial charge on any atom is -0.481 e. The zero-order valence-corrected chi connectivity index (χ0v) is 15.3. The van der Waals surface area contributed by atoms with Crippen LogP contribution in [0.1, 0.15) is 12.5 Å². The molecule has 128 valence electrons. The number of benzene rings is 1. The lowest BCUT2D eigenvalue weighted by molar-refractivity contribution is -0.145. The van der Waals surface area contributed by atoms with E-state index in [1.807, 2.05) is 12.1 Å². The third kappa shape index (κ3) is 4.34. The van der Waals surface area contributed by atoms with Gasteiger partial charge >= 0.3 is 5.97 Å². The molecule has 0 saturated carbocycles. The van der Waals surface area contributed by atoms with Crippen molar-refractivity contribution in [2.75, 3.05) is 27.3 Å². The highest BCUT2D eigenvalue weighted by Crippen LogP contribution is 2.34. The molecule has 0 N–H and O–H groups in total. The van der Waals surface area contributed by atoms with E-state index in [2.05, 4.69) is 0 Å². The Morgan fingerprint density at radius 3 is 2.71 bits per heavy atom. The van der Waals surface area contributed by atoms with Gasteiger partial charge in [-0.1, -0.05) is 42.2 Å². The summed E-state index contributed by atoms with van der Waals surface area (Å²) in [7, 11) is 3.51. The molecule has 1 aromatic rings. The first kappa shape index (κ1) is 18.4. The van der Waals surface area contributed by atoms with Crippen molar-refractivity contribution in [1.29, 1.82) is 0 Å². The van der Waals surface area contributed by atoms with Gasteiger partial charge in [0.05, 0.1) is 11.5 Å². The highest BCUT2D eigenvalue weighted by molar-refractivity contribution is 8.26. The Morgan fingerprint density at radius 1 is 1.38 bits per heavy atom. The Bertz CT molecular complexity index is 688. The van der Waals surface area contributed by atoms with Crippen LogP contribution in [0.15, 0.2) is 29.2 Å². The third-order valence-corrected chi connectivity index (χ3v) is 4.31. The quantitative estimate of drug-likeness (QED) is 0.435. The molecule has 0 bridgehead atoms. The molecule has 24 heavy (non-hydrogen) atoms. The van der Waals surface area contributed by atoms with Gasteiger partial charge in [-0.15, -0.1) is 0 Å². The van der Waals surface area contributed by atoms with Gasteiger partial charge in [0.2, 0.25) is 0 Å². The van der Waals surface area contributed by atoms with Crippen LogP contribution < -0.4 is 4.74 Å². The smallest absolute Gasteiger partial charge is 0.344 e. The standard InChI is InChI=1S/C16H18N2O4S2/c1-4-21-14(19)10-22-12-8-6-5-7-11(12)9-13-15(20)18(17(2)3)16(23)24-13/h5-9H,4,10H2,1-3H3/b13-9-. The molecule has 1 fully saturated rings. The fourth-order valence-corrected chi connectivity index (χ4v) is 3.41. The van der Waals surface area contributed by atoms with Crippen LogP contribution in [0.5, 0.6) is 5.75 Å². The second-order valence-electron chi connectivity index (χ2n) is 4.97. The van der Waals surface area contributed by atoms with E-state index < -0.39 is 5.97 Å². The van der Waals surface area contributed by atoms with Crippen LogP contribution in [0.25, 0.3) is 6.08 Å². The van der Waals surface area contributed by atoms with Gasteiger partial charge in [-0.05, 0) is 19.1 Å². The minimum absolute atomic E-state index is 0.183. The average Bonchev–Trinajstić information content (AvgIpc) is 2.81. The summed E-state index contributed by atoms with van der Waals surface area (Å²) < 4.78 is 10.8. The van der Waals surface area contributed by atoms with Gasteiger partial charge in [0, 0.05) is 19.7 Å². The van der Waals surface area contributed by atoms with E-state index in [1.165, 1.54) is 16.8 Å². The number of carbonyl (C=O) groups excluding carboxylic acids is 2. The van der Waals surface area contributed by atoms with Gasteiger partial charge in [-0.2, -0.15) is 0 Å². The number of thiocarbonyl (C=S) groups is 1. The molecule has 1 aromatic carbocycles. The molecule has 0 aromatic heterocycles. The fourth-order valence-electron chi connectivity index (χ4n) is 2.02. The number of hydrazine groups is 1. The van der Waals surface area contributed by atoms with Gasteiger partial charge in [-0.3, -0.25) is 4.79 Å². The molecule has 0 unspecified atom stereocenters. The van der Waals surface area contributed by atoms with Crippen molar-refractivity contribution in [3.8, 4) is 5.75 Å². The number of rotatable bonds is 6. The number of esters is 1. The second-order valence-corrected chi connectivity index (χ2v) is 6.65. The zero-order chi connectivity index (χ0) is 17.7. The maximum atomic E-state index is 12.4. The van der Waals surface area contributed by atoms with Gasteiger partial charge < -0.3 is 9.47 Å². The second kappa shape index (κ2) is 8.27. The first-order valence-corrected chi connectivity index (χ1v) is 8.49. The fraction of sp³-hybridized carbons (Fsp3) is 0.312. The Labute approximate surface area is 150 Å². The maximum absolute atomic E-state index is 12.4. The molecule has 1 amide bonds. The summed E-state index contributed by atoms with van der Waals surface area (Å²) in [4.78, 5) is 24.4. The van der Waals surface area contributed by atoms with Crippen molar-refractivity contribution in [2.45, 2.75) is 6.92 Å². The van der Waals surface area contributed by atoms with E-state index in [4.69, 9.17) is 21.7 Å². The van der Waals surface area contributed by atoms with Crippen LogP contribution in [0.4, 0.5) is 0 Å². The summed E-state index contributed by atoms with van der Waals surface area (Å²) in [6.45, 7) is 1.85. The van der Waals surface area contributed by atoms with Crippen molar-refractivity contribution >= 4 is 46.3 Å².